The summed E-state index contributed by atoms with van der Waals surface area (Å²) < 4.78 is 5.23. The summed E-state index contributed by atoms with van der Waals surface area (Å²) >= 11 is 0. The van der Waals surface area contributed by atoms with Crippen LogP contribution in [0.15, 0.2) is 24.3 Å². The summed E-state index contributed by atoms with van der Waals surface area (Å²) in [5, 5.41) is 0. The highest BCUT2D eigenvalue weighted by molar-refractivity contribution is 5.69. The van der Waals surface area contributed by atoms with Gasteiger partial charge < -0.3 is 9.64 Å². The summed E-state index contributed by atoms with van der Waals surface area (Å²) in [7, 11) is 1.75. The molecule has 1 heterocycles. The molecule has 16 heavy (non-hydrogen) atoms. The first kappa shape index (κ1) is 12.6. The molecule has 1 aromatic rings. The largest absolute Gasteiger partial charge is 0.439 e. The lowest BCUT2D eigenvalue weighted by Gasteiger charge is -2.10. The van der Waals surface area contributed by atoms with Gasteiger partial charge in [0.15, 0.2) is 0 Å². The first-order valence-corrected chi connectivity index (χ1v) is 5.66. The fourth-order valence-electron chi connectivity index (χ4n) is 1.68. The number of carbonyl (C=O) groups excluding carboxylic acids is 1. The maximum atomic E-state index is 11.2. The highest BCUT2D eigenvalue weighted by Crippen LogP contribution is 2.26. The smallest absolute Gasteiger partial charge is 0.410 e. The molecule has 1 saturated heterocycles. The second kappa shape index (κ2) is 5.54. The van der Waals surface area contributed by atoms with Crippen LogP contribution in [-0.2, 0) is 4.74 Å². The van der Waals surface area contributed by atoms with Crippen molar-refractivity contribution in [2.45, 2.75) is 26.9 Å². The number of rotatable bonds is 1. The number of likely N-dealkylation sites (N-methyl/N-ethyl adjacent to an activating group) is 1. The van der Waals surface area contributed by atoms with Crippen molar-refractivity contribution in [1.29, 1.82) is 0 Å². The quantitative estimate of drug-likeness (QED) is 0.729. The summed E-state index contributed by atoms with van der Waals surface area (Å²) in [6.45, 7) is 6.67. The average molecular weight is 221 g/mol. The Labute approximate surface area is 97.0 Å². The number of carbonyl (C=O) groups is 1. The molecule has 0 spiro atoms. The molecule has 0 saturated carbocycles. The van der Waals surface area contributed by atoms with Crippen molar-refractivity contribution >= 4 is 6.09 Å². The minimum absolute atomic E-state index is 0.103. The molecule has 1 unspecified atom stereocenters. The Morgan fingerprint density at radius 1 is 1.31 bits per heavy atom. The van der Waals surface area contributed by atoms with Crippen LogP contribution in [0.5, 0.6) is 0 Å². The number of hydrogen-bond donors (Lipinski definition) is 0. The van der Waals surface area contributed by atoms with Gasteiger partial charge >= 0.3 is 6.09 Å². The molecule has 88 valence electrons. The first-order valence-electron chi connectivity index (χ1n) is 5.66. The van der Waals surface area contributed by atoms with Crippen LogP contribution in [0.4, 0.5) is 4.79 Å². The Balaban J connectivity index is 0.000000606. The van der Waals surface area contributed by atoms with Crippen molar-refractivity contribution in [2.24, 2.45) is 0 Å². The zero-order chi connectivity index (χ0) is 12.1. The van der Waals surface area contributed by atoms with Crippen molar-refractivity contribution < 1.29 is 9.53 Å². The Bertz CT molecular complexity index is 363. The normalized spacial score (nSPS) is 18.9. The van der Waals surface area contributed by atoms with E-state index in [4.69, 9.17) is 4.74 Å². The number of benzene rings is 1. The maximum absolute atomic E-state index is 11.2. The molecule has 1 amide bonds. The fourth-order valence-corrected chi connectivity index (χ4v) is 1.68. The van der Waals surface area contributed by atoms with Crippen molar-refractivity contribution in [1.82, 2.24) is 4.90 Å². The van der Waals surface area contributed by atoms with Gasteiger partial charge in [0.2, 0.25) is 0 Å². The van der Waals surface area contributed by atoms with E-state index >= 15 is 0 Å². The van der Waals surface area contributed by atoms with E-state index in [0.717, 1.165) is 5.56 Å². The summed E-state index contributed by atoms with van der Waals surface area (Å²) in [5.41, 5.74) is 2.27. The second-order valence-electron chi connectivity index (χ2n) is 3.61. The standard InChI is InChI=1S/C11H13NO2.C2H6/c1-8-5-3-4-6-9(8)10-7-12(2)11(13)14-10;1-2/h3-6,10H,7H2,1-2H3;1-2H3. The van der Waals surface area contributed by atoms with Crippen LogP contribution < -0.4 is 0 Å². The van der Waals surface area contributed by atoms with Crippen LogP contribution >= 0.6 is 0 Å². The van der Waals surface area contributed by atoms with E-state index in [1.807, 2.05) is 45.0 Å². The number of aryl methyl sites for hydroxylation is 1. The first-order chi connectivity index (χ1) is 7.68. The monoisotopic (exact) mass is 221 g/mol. The molecule has 1 aliphatic heterocycles. The Kier molecular flexibility index (Phi) is 4.35. The van der Waals surface area contributed by atoms with Crippen molar-refractivity contribution in [2.75, 3.05) is 13.6 Å². The predicted molar refractivity (Wildman–Crippen MR) is 64.4 cm³/mol. The SMILES string of the molecule is CC.Cc1ccccc1C1CN(C)C(=O)O1. The maximum Gasteiger partial charge on any atom is 0.410 e. The van der Waals surface area contributed by atoms with Gasteiger partial charge in [0.1, 0.15) is 6.10 Å². The summed E-state index contributed by atoms with van der Waals surface area (Å²) in [6.07, 6.45) is -0.341. The topological polar surface area (TPSA) is 29.5 Å². The van der Waals surface area contributed by atoms with Gasteiger partial charge in [-0.3, -0.25) is 0 Å². The highest BCUT2D eigenvalue weighted by Gasteiger charge is 2.29. The van der Waals surface area contributed by atoms with Gasteiger partial charge in [-0.15, -0.1) is 0 Å². The molecule has 1 aromatic carbocycles. The van der Waals surface area contributed by atoms with Crippen LogP contribution in [0.1, 0.15) is 31.1 Å². The third-order valence-electron chi connectivity index (χ3n) is 2.53. The average Bonchev–Trinajstić information content (AvgIpc) is 2.62. The Morgan fingerprint density at radius 2 is 1.94 bits per heavy atom. The predicted octanol–water partition coefficient (Wildman–Crippen LogP) is 3.14. The molecule has 2 rings (SSSR count). The number of amides is 1. The molecule has 0 radical (unpaired) electrons. The zero-order valence-corrected chi connectivity index (χ0v) is 10.4. The zero-order valence-electron chi connectivity index (χ0n) is 10.4. The highest BCUT2D eigenvalue weighted by atomic mass is 16.6. The van der Waals surface area contributed by atoms with Crippen molar-refractivity contribution in [3.63, 3.8) is 0 Å². The molecular weight excluding hydrogens is 202 g/mol. The van der Waals surface area contributed by atoms with E-state index in [1.165, 1.54) is 5.56 Å². The molecule has 0 aromatic heterocycles. The second-order valence-corrected chi connectivity index (χ2v) is 3.61. The minimum atomic E-state index is -0.238. The minimum Gasteiger partial charge on any atom is -0.439 e. The Hall–Kier alpha value is -1.51. The van der Waals surface area contributed by atoms with Crippen LogP contribution in [-0.4, -0.2) is 24.6 Å². The van der Waals surface area contributed by atoms with Crippen LogP contribution in [0, 0.1) is 6.92 Å². The van der Waals surface area contributed by atoms with Crippen molar-refractivity contribution in [3.8, 4) is 0 Å². The van der Waals surface area contributed by atoms with E-state index in [2.05, 4.69) is 0 Å². The summed E-state index contributed by atoms with van der Waals surface area (Å²) in [5.74, 6) is 0. The van der Waals surface area contributed by atoms with Crippen molar-refractivity contribution in [3.05, 3.63) is 35.4 Å². The summed E-state index contributed by atoms with van der Waals surface area (Å²) in [4.78, 5) is 12.8. The van der Waals surface area contributed by atoms with Gasteiger partial charge in [0.05, 0.1) is 6.54 Å². The lowest BCUT2D eigenvalue weighted by Crippen LogP contribution is -2.17. The molecule has 3 nitrogen and oxygen atoms in total. The molecule has 0 bridgehead atoms. The van der Waals surface area contributed by atoms with Crippen LogP contribution in [0.2, 0.25) is 0 Å². The number of nitrogens with zero attached hydrogens (tertiary/aromatic N) is 1. The van der Waals surface area contributed by atoms with Gasteiger partial charge in [0.25, 0.3) is 0 Å². The fraction of sp³-hybridized carbons (Fsp3) is 0.462. The van der Waals surface area contributed by atoms with Gasteiger partial charge in [-0.05, 0) is 18.1 Å². The molecule has 3 heteroatoms. The third-order valence-corrected chi connectivity index (χ3v) is 2.53. The molecule has 0 N–H and O–H groups in total. The van der Waals surface area contributed by atoms with Crippen LogP contribution in [0.3, 0.4) is 0 Å². The summed E-state index contributed by atoms with van der Waals surface area (Å²) in [6, 6.07) is 7.99. The molecule has 1 fully saturated rings. The van der Waals surface area contributed by atoms with E-state index in [9.17, 15) is 4.79 Å². The molecule has 1 atom stereocenters. The number of cyclic esters (lactones) is 1. The van der Waals surface area contributed by atoms with E-state index in [0.29, 0.717) is 6.54 Å². The number of hydrogen-bond acceptors (Lipinski definition) is 2. The Morgan fingerprint density at radius 3 is 2.44 bits per heavy atom. The van der Waals surface area contributed by atoms with E-state index < -0.39 is 0 Å². The van der Waals surface area contributed by atoms with E-state index in [-0.39, 0.29) is 12.2 Å². The van der Waals surface area contributed by atoms with Gasteiger partial charge in [-0.2, -0.15) is 0 Å². The van der Waals surface area contributed by atoms with Gasteiger partial charge in [0, 0.05) is 7.05 Å². The molecular formula is C13H19NO2. The number of ether oxygens (including phenoxy) is 1. The van der Waals surface area contributed by atoms with Gasteiger partial charge in [-0.25, -0.2) is 4.79 Å². The van der Waals surface area contributed by atoms with Crippen LogP contribution in [0.25, 0.3) is 0 Å². The van der Waals surface area contributed by atoms with E-state index in [1.54, 1.807) is 11.9 Å². The lowest BCUT2D eigenvalue weighted by atomic mass is 10.0. The lowest BCUT2D eigenvalue weighted by molar-refractivity contribution is 0.134. The molecule has 0 aliphatic carbocycles. The third kappa shape index (κ3) is 2.54. The van der Waals surface area contributed by atoms with Gasteiger partial charge in [-0.1, -0.05) is 38.1 Å². The molecule has 1 aliphatic rings.